The standard InChI is InChI=1S/C29H32N6O3S/c1-17-11-21(12-18(2)31-17)25-24(20-8-6-7-19(13-20)14-30)32-26(39-25)33-27(36)35-22-9-10-23(35)16-34(15-22)28(37)38-29(3,4)5/h6-8,11-13,22-23H,9-10,15-16H2,1-5H3,(H,32,33,36). The number of aromatic nitrogens is 2. The Kier molecular flexibility index (Phi) is 7.03. The molecular weight excluding hydrogens is 512 g/mol. The molecule has 1 N–H and O–H groups in total. The molecule has 10 heteroatoms. The summed E-state index contributed by atoms with van der Waals surface area (Å²) in [6, 6.07) is 13.1. The van der Waals surface area contributed by atoms with E-state index < -0.39 is 5.60 Å². The third-order valence-electron chi connectivity index (χ3n) is 6.82. The van der Waals surface area contributed by atoms with Crippen molar-refractivity contribution in [1.82, 2.24) is 19.8 Å². The maximum absolute atomic E-state index is 13.5. The molecule has 2 aromatic heterocycles. The number of nitriles is 1. The second kappa shape index (κ2) is 10.3. The van der Waals surface area contributed by atoms with Crippen LogP contribution in [0.4, 0.5) is 14.7 Å². The summed E-state index contributed by atoms with van der Waals surface area (Å²) in [5.74, 6) is 0. The third-order valence-corrected chi connectivity index (χ3v) is 7.84. The number of anilines is 1. The van der Waals surface area contributed by atoms with E-state index in [1.54, 1.807) is 17.0 Å². The number of hydrogen-bond acceptors (Lipinski definition) is 7. The molecule has 2 unspecified atom stereocenters. The predicted molar refractivity (Wildman–Crippen MR) is 150 cm³/mol. The van der Waals surface area contributed by atoms with E-state index in [4.69, 9.17) is 9.72 Å². The van der Waals surface area contributed by atoms with Crippen LogP contribution < -0.4 is 5.32 Å². The number of aryl methyl sites for hydroxylation is 2. The topological polar surface area (TPSA) is 111 Å². The van der Waals surface area contributed by atoms with E-state index in [2.05, 4.69) is 16.4 Å². The predicted octanol–water partition coefficient (Wildman–Crippen LogP) is 5.98. The minimum absolute atomic E-state index is 0.0759. The van der Waals surface area contributed by atoms with Crippen molar-refractivity contribution in [1.29, 1.82) is 5.26 Å². The molecule has 5 rings (SSSR count). The Morgan fingerprint density at radius 1 is 1.05 bits per heavy atom. The number of hydrogen-bond donors (Lipinski definition) is 1. The number of fused-ring (bicyclic) bond motifs is 2. The summed E-state index contributed by atoms with van der Waals surface area (Å²) in [5.41, 5.74) is 4.22. The molecular formula is C29H32N6O3S. The first-order chi connectivity index (χ1) is 18.5. The highest BCUT2D eigenvalue weighted by molar-refractivity contribution is 7.19. The second-order valence-electron chi connectivity index (χ2n) is 11.1. The number of carbonyl (C=O) groups excluding carboxylic acids is 2. The van der Waals surface area contributed by atoms with Gasteiger partial charge in [0.25, 0.3) is 0 Å². The normalized spacial score (nSPS) is 18.6. The summed E-state index contributed by atoms with van der Waals surface area (Å²) in [4.78, 5) is 40.0. The SMILES string of the molecule is Cc1cc(-c2sc(NC(=O)N3C4CCC3CN(C(=O)OC(C)(C)C)C4)nc2-c2cccc(C#N)c2)cc(C)n1. The van der Waals surface area contributed by atoms with Crippen LogP contribution in [0, 0.1) is 25.2 Å². The molecule has 39 heavy (non-hydrogen) atoms. The van der Waals surface area contributed by atoms with Gasteiger partial charge in [0, 0.05) is 30.0 Å². The highest BCUT2D eigenvalue weighted by atomic mass is 32.1. The molecule has 3 aromatic rings. The Hall–Kier alpha value is -3.97. The van der Waals surface area contributed by atoms with Gasteiger partial charge in [-0.2, -0.15) is 5.26 Å². The van der Waals surface area contributed by atoms with Gasteiger partial charge in [-0.15, -0.1) is 0 Å². The molecule has 2 aliphatic rings. The number of thiazole rings is 1. The number of nitrogens with zero attached hydrogens (tertiary/aromatic N) is 5. The van der Waals surface area contributed by atoms with Crippen LogP contribution in [0.25, 0.3) is 21.7 Å². The molecule has 2 atom stereocenters. The van der Waals surface area contributed by atoms with Gasteiger partial charge in [0.1, 0.15) is 5.60 Å². The lowest BCUT2D eigenvalue weighted by Gasteiger charge is -2.41. The van der Waals surface area contributed by atoms with Gasteiger partial charge in [0.15, 0.2) is 5.13 Å². The third kappa shape index (κ3) is 5.73. The molecule has 2 saturated heterocycles. The van der Waals surface area contributed by atoms with Crippen molar-refractivity contribution in [3.8, 4) is 27.8 Å². The second-order valence-corrected chi connectivity index (χ2v) is 12.1. The Bertz CT molecular complexity index is 1440. The zero-order valence-corrected chi connectivity index (χ0v) is 23.6. The molecule has 202 valence electrons. The first kappa shape index (κ1) is 26.6. The number of likely N-dealkylation sites (tertiary alicyclic amines) is 1. The van der Waals surface area contributed by atoms with E-state index >= 15 is 0 Å². The number of ether oxygens (including phenoxy) is 1. The minimum atomic E-state index is -0.566. The number of carbonyl (C=O) groups is 2. The number of piperazine rings is 1. The number of amides is 3. The number of urea groups is 1. The Morgan fingerprint density at radius 3 is 2.33 bits per heavy atom. The number of pyridine rings is 1. The van der Waals surface area contributed by atoms with E-state index in [0.717, 1.165) is 40.2 Å². The van der Waals surface area contributed by atoms with Crippen LogP contribution in [-0.2, 0) is 4.74 Å². The molecule has 0 aliphatic carbocycles. The van der Waals surface area contributed by atoms with Crippen molar-refractivity contribution >= 4 is 28.6 Å². The van der Waals surface area contributed by atoms with Gasteiger partial charge in [-0.25, -0.2) is 14.6 Å². The summed E-state index contributed by atoms with van der Waals surface area (Å²) in [6.45, 7) is 10.3. The maximum atomic E-state index is 13.5. The smallest absolute Gasteiger partial charge is 0.410 e. The molecule has 3 amide bonds. The van der Waals surface area contributed by atoms with E-state index in [1.807, 2.05) is 63.8 Å². The lowest BCUT2D eigenvalue weighted by atomic mass is 10.0. The Balaban J connectivity index is 1.41. The highest BCUT2D eigenvalue weighted by Gasteiger charge is 2.45. The van der Waals surface area contributed by atoms with Gasteiger partial charge in [-0.1, -0.05) is 23.5 Å². The Labute approximate surface area is 232 Å². The van der Waals surface area contributed by atoms with Gasteiger partial charge in [0.2, 0.25) is 0 Å². The van der Waals surface area contributed by atoms with E-state index in [1.165, 1.54) is 11.3 Å². The highest BCUT2D eigenvalue weighted by Crippen LogP contribution is 2.40. The molecule has 9 nitrogen and oxygen atoms in total. The number of rotatable bonds is 3. The van der Waals surface area contributed by atoms with Crippen LogP contribution in [0.15, 0.2) is 36.4 Å². The summed E-state index contributed by atoms with van der Waals surface area (Å²) in [5, 5.41) is 12.9. The van der Waals surface area contributed by atoms with Gasteiger partial charge < -0.3 is 14.5 Å². The maximum Gasteiger partial charge on any atom is 0.410 e. The van der Waals surface area contributed by atoms with Crippen LogP contribution >= 0.6 is 11.3 Å². The molecule has 4 heterocycles. The van der Waals surface area contributed by atoms with E-state index in [-0.39, 0.29) is 24.2 Å². The molecule has 1 aromatic carbocycles. The fourth-order valence-corrected chi connectivity index (χ4v) is 6.30. The van der Waals surface area contributed by atoms with Crippen LogP contribution in [0.5, 0.6) is 0 Å². The minimum Gasteiger partial charge on any atom is -0.444 e. The largest absolute Gasteiger partial charge is 0.444 e. The summed E-state index contributed by atoms with van der Waals surface area (Å²) in [7, 11) is 0. The van der Waals surface area contributed by atoms with Crippen molar-refractivity contribution in [2.24, 2.45) is 0 Å². The first-order valence-corrected chi connectivity index (χ1v) is 13.9. The lowest BCUT2D eigenvalue weighted by molar-refractivity contribution is 0.00820. The molecule has 2 fully saturated rings. The zero-order valence-electron chi connectivity index (χ0n) is 22.8. The fourth-order valence-electron chi connectivity index (χ4n) is 5.33. The molecule has 2 bridgehead atoms. The van der Waals surface area contributed by atoms with Crippen LogP contribution in [-0.4, -0.2) is 62.7 Å². The average Bonchev–Trinajstić information content (AvgIpc) is 3.40. The zero-order chi connectivity index (χ0) is 27.9. The van der Waals surface area contributed by atoms with E-state index in [0.29, 0.717) is 29.5 Å². The lowest BCUT2D eigenvalue weighted by Crippen LogP contribution is -2.58. The van der Waals surface area contributed by atoms with Gasteiger partial charge in [-0.05, 0) is 77.3 Å². The van der Waals surface area contributed by atoms with Crippen molar-refractivity contribution in [3.05, 3.63) is 53.3 Å². The quantitative estimate of drug-likeness (QED) is 0.434. The average molecular weight is 545 g/mol. The monoisotopic (exact) mass is 544 g/mol. The molecule has 0 spiro atoms. The van der Waals surface area contributed by atoms with Crippen LogP contribution in [0.1, 0.15) is 50.6 Å². The fraction of sp³-hybridized carbons (Fsp3) is 0.414. The van der Waals surface area contributed by atoms with Crippen molar-refractivity contribution in [2.45, 2.75) is 65.1 Å². The van der Waals surface area contributed by atoms with Gasteiger partial charge in [0.05, 0.1) is 34.3 Å². The molecule has 0 saturated carbocycles. The van der Waals surface area contributed by atoms with Crippen molar-refractivity contribution in [3.63, 3.8) is 0 Å². The van der Waals surface area contributed by atoms with Crippen molar-refractivity contribution < 1.29 is 14.3 Å². The number of nitrogens with one attached hydrogen (secondary N) is 1. The number of benzene rings is 1. The Morgan fingerprint density at radius 2 is 1.72 bits per heavy atom. The first-order valence-electron chi connectivity index (χ1n) is 13.0. The van der Waals surface area contributed by atoms with E-state index in [9.17, 15) is 14.9 Å². The van der Waals surface area contributed by atoms with Crippen LogP contribution in [0.2, 0.25) is 0 Å². The van der Waals surface area contributed by atoms with Gasteiger partial charge in [-0.3, -0.25) is 10.3 Å². The van der Waals surface area contributed by atoms with Crippen LogP contribution in [0.3, 0.4) is 0 Å². The van der Waals surface area contributed by atoms with Crippen molar-refractivity contribution in [2.75, 3.05) is 18.4 Å². The molecule has 2 aliphatic heterocycles. The summed E-state index contributed by atoms with van der Waals surface area (Å²) >= 11 is 1.40. The van der Waals surface area contributed by atoms with Gasteiger partial charge >= 0.3 is 12.1 Å². The summed E-state index contributed by atoms with van der Waals surface area (Å²) < 4.78 is 5.56. The summed E-state index contributed by atoms with van der Waals surface area (Å²) in [6.07, 6.45) is 1.33. The molecule has 0 radical (unpaired) electrons.